The molecule has 4 rings (SSSR count). The Kier molecular flexibility index (Phi) is 8.68. The van der Waals surface area contributed by atoms with Crippen LogP contribution in [0.15, 0.2) is 60.7 Å². The van der Waals surface area contributed by atoms with E-state index in [1.165, 1.54) is 58.7 Å². The third kappa shape index (κ3) is 5.39. The van der Waals surface area contributed by atoms with Gasteiger partial charge in [-0.15, -0.1) is 10.1 Å². The lowest BCUT2D eigenvalue weighted by Crippen LogP contribution is -2.73. The molecule has 10 heteroatoms. The van der Waals surface area contributed by atoms with Crippen molar-refractivity contribution in [2.24, 2.45) is 0 Å². The first kappa shape index (κ1) is 27.6. The summed E-state index contributed by atoms with van der Waals surface area (Å²) in [7, 11) is 0. The number of Topliss-reactive ketones (excluding diaryl/α,β-unsaturated/α-hetero) is 2. The molecule has 202 valence electrons. The Labute approximate surface area is 220 Å². The van der Waals surface area contributed by atoms with Gasteiger partial charge in [0.25, 0.3) is 11.2 Å². The Balaban J connectivity index is 1.83. The van der Waals surface area contributed by atoms with E-state index in [9.17, 15) is 29.4 Å². The van der Waals surface area contributed by atoms with Gasteiger partial charge in [-0.1, -0.05) is 73.5 Å². The molecule has 0 spiro atoms. The summed E-state index contributed by atoms with van der Waals surface area (Å²) in [5, 5.41) is 26.4. The van der Waals surface area contributed by atoms with Crippen LogP contribution in [-0.4, -0.2) is 81.2 Å². The van der Waals surface area contributed by atoms with Crippen molar-refractivity contribution >= 4 is 23.5 Å². The summed E-state index contributed by atoms with van der Waals surface area (Å²) in [5.74, 6) is -6.03. The van der Waals surface area contributed by atoms with Crippen LogP contribution in [-0.2, 0) is 19.3 Å². The van der Waals surface area contributed by atoms with Crippen molar-refractivity contribution in [1.82, 2.24) is 10.1 Å². The van der Waals surface area contributed by atoms with Gasteiger partial charge in [0.15, 0.2) is 0 Å². The van der Waals surface area contributed by atoms with E-state index in [-0.39, 0.29) is 11.1 Å². The molecule has 2 aromatic carbocycles. The van der Waals surface area contributed by atoms with Crippen molar-refractivity contribution < 1.29 is 39.1 Å². The maximum atomic E-state index is 13.8. The predicted octanol–water partition coefficient (Wildman–Crippen LogP) is 2.10. The van der Waals surface area contributed by atoms with E-state index >= 15 is 0 Å². The Bertz CT molecular complexity index is 1050. The minimum atomic E-state index is -3.66. The van der Waals surface area contributed by atoms with Crippen LogP contribution in [0.25, 0.3) is 0 Å². The van der Waals surface area contributed by atoms with Crippen LogP contribution in [0.2, 0.25) is 0 Å². The van der Waals surface area contributed by atoms with Crippen LogP contribution in [0.1, 0.15) is 59.2 Å². The zero-order valence-corrected chi connectivity index (χ0v) is 21.1. The van der Waals surface area contributed by atoms with Gasteiger partial charge in [-0.3, -0.25) is 9.59 Å². The number of rotatable bonds is 9. The number of carbonyl (C=O) groups is 4. The SMILES string of the molecule is O=C(ON1CCCCC1)C(O)(C(=O)c1ccccc1)C(O)(C(=O)ON1CCCCC1)C(=O)c1ccccc1. The molecule has 2 atom stereocenters. The van der Waals surface area contributed by atoms with Crippen molar-refractivity contribution in [2.75, 3.05) is 26.2 Å². The Morgan fingerprint density at radius 1 is 0.553 bits per heavy atom. The predicted molar refractivity (Wildman–Crippen MR) is 134 cm³/mol. The molecule has 0 saturated carbocycles. The van der Waals surface area contributed by atoms with Crippen molar-refractivity contribution in [3.05, 3.63) is 71.8 Å². The van der Waals surface area contributed by atoms with Gasteiger partial charge in [0, 0.05) is 37.3 Å². The lowest BCUT2D eigenvalue weighted by Gasteiger charge is -2.39. The number of benzene rings is 2. The molecular weight excluding hydrogens is 492 g/mol. The molecule has 0 radical (unpaired) electrons. The van der Waals surface area contributed by atoms with Gasteiger partial charge in [-0.25, -0.2) is 9.59 Å². The summed E-state index contributed by atoms with van der Waals surface area (Å²) in [5.41, 5.74) is -7.75. The van der Waals surface area contributed by atoms with E-state index in [0.717, 1.165) is 12.8 Å². The third-order valence-electron chi connectivity index (χ3n) is 6.90. The van der Waals surface area contributed by atoms with E-state index in [2.05, 4.69) is 0 Å². The maximum absolute atomic E-state index is 13.8. The molecule has 2 heterocycles. The molecule has 10 nitrogen and oxygen atoms in total. The number of hydroxylamine groups is 4. The monoisotopic (exact) mass is 524 g/mol. The van der Waals surface area contributed by atoms with Gasteiger partial charge >= 0.3 is 11.9 Å². The Hall–Kier alpha value is -3.44. The van der Waals surface area contributed by atoms with E-state index in [4.69, 9.17) is 9.68 Å². The van der Waals surface area contributed by atoms with Crippen LogP contribution in [0.4, 0.5) is 0 Å². The summed E-state index contributed by atoms with van der Waals surface area (Å²) in [6.45, 7) is 1.30. The van der Waals surface area contributed by atoms with Crippen LogP contribution < -0.4 is 0 Å². The first-order valence-electron chi connectivity index (χ1n) is 12.9. The average Bonchev–Trinajstić information content (AvgIpc) is 2.97. The second kappa shape index (κ2) is 12.0. The minimum Gasteiger partial charge on any atom is -0.368 e. The number of carbonyl (C=O) groups excluding carboxylic acids is 4. The van der Waals surface area contributed by atoms with Crippen LogP contribution in [0.5, 0.6) is 0 Å². The van der Waals surface area contributed by atoms with Gasteiger partial charge in [-0.2, -0.15) is 0 Å². The van der Waals surface area contributed by atoms with E-state index in [1.54, 1.807) is 12.1 Å². The molecule has 2 N–H and O–H groups in total. The fourth-order valence-corrected chi connectivity index (χ4v) is 4.69. The van der Waals surface area contributed by atoms with Crippen molar-refractivity contribution in [2.45, 2.75) is 49.7 Å². The highest BCUT2D eigenvalue weighted by Crippen LogP contribution is 2.34. The number of hydrogen-bond acceptors (Lipinski definition) is 10. The van der Waals surface area contributed by atoms with Crippen molar-refractivity contribution in [3.8, 4) is 0 Å². The third-order valence-corrected chi connectivity index (χ3v) is 6.90. The molecule has 2 unspecified atom stereocenters. The van der Waals surface area contributed by atoms with Crippen molar-refractivity contribution in [3.63, 3.8) is 0 Å². The smallest absolute Gasteiger partial charge is 0.368 e. The van der Waals surface area contributed by atoms with Gasteiger partial charge in [0.1, 0.15) is 0 Å². The molecule has 0 bridgehead atoms. The van der Waals surface area contributed by atoms with Gasteiger partial charge < -0.3 is 19.9 Å². The molecule has 38 heavy (non-hydrogen) atoms. The van der Waals surface area contributed by atoms with Crippen LogP contribution in [0, 0.1) is 0 Å². The largest absolute Gasteiger partial charge is 0.369 e. The van der Waals surface area contributed by atoms with E-state index in [0.29, 0.717) is 51.9 Å². The normalized spacial score (nSPS) is 19.9. The van der Waals surface area contributed by atoms with E-state index in [1.807, 2.05) is 0 Å². The quantitative estimate of drug-likeness (QED) is 0.371. The molecule has 0 amide bonds. The highest BCUT2D eigenvalue weighted by atomic mass is 16.7. The van der Waals surface area contributed by atoms with Gasteiger partial charge in [-0.05, 0) is 25.7 Å². The number of aliphatic hydroxyl groups is 2. The lowest BCUT2D eigenvalue weighted by atomic mass is 9.73. The summed E-state index contributed by atoms with van der Waals surface area (Å²) < 4.78 is 0. The maximum Gasteiger partial charge on any atom is 0.369 e. The van der Waals surface area contributed by atoms with Crippen LogP contribution in [0.3, 0.4) is 0 Å². The fourth-order valence-electron chi connectivity index (χ4n) is 4.69. The second-order valence-corrected chi connectivity index (χ2v) is 9.55. The number of piperidine rings is 2. The van der Waals surface area contributed by atoms with Gasteiger partial charge in [0.05, 0.1) is 0 Å². The highest BCUT2D eigenvalue weighted by molar-refractivity contribution is 6.28. The molecule has 2 aromatic rings. The zero-order valence-electron chi connectivity index (χ0n) is 21.1. The molecular formula is C28H32N2O8. The molecule has 0 aromatic heterocycles. The van der Waals surface area contributed by atoms with Crippen LogP contribution >= 0.6 is 0 Å². The Morgan fingerprint density at radius 3 is 1.18 bits per heavy atom. The fraction of sp³-hybridized carbons (Fsp3) is 0.429. The number of ketones is 2. The van der Waals surface area contributed by atoms with E-state index < -0.39 is 34.7 Å². The van der Waals surface area contributed by atoms with Gasteiger partial charge in [0.2, 0.25) is 11.6 Å². The molecule has 2 saturated heterocycles. The standard InChI is InChI=1S/C28H32N2O8/c31-23(21-13-5-1-6-14-21)27(35,25(33)37-29-17-9-3-10-18-29)28(36,24(32)22-15-7-2-8-16-22)26(34)38-30-19-11-4-12-20-30/h1-2,5-8,13-16,35-36H,3-4,9-12,17-20H2. The summed E-state index contributed by atoms with van der Waals surface area (Å²) >= 11 is 0. The summed E-state index contributed by atoms with van der Waals surface area (Å²) in [4.78, 5) is 65.7. The number of hydrogen-bond donors (Lipinski definition) is 2. The highest BCUT2D eigenvalue weighted by Gasteiger charge is 2.71. The minimum absolute atomic E-state index is 0.212. The Morgan fingerprint density at radius 2 is 0.868 bits per heavy atom. The molecule has 2 fully saturated rings. The second-order valence-electron chi connectivity index (χ2n) is 9.55. The average molecular weight is 525 g/mol. The van der Waals surface area contributed by atoms with Crippen molar-refractivity contribution in [1.29, 1.82) is 0 Å². The first-order chi connectivity index (χ1) is 18.3. The topological polar surface area (TPSA) is 134 Å². The molecule has 2 aliphatic rings. The first-order valence-corrected chi connectivity index (χ1v) is 12.9. The molecule has 2 aliphatic heterocycles. The molecule has 0 aliphatic carbocycles. The zero-order chi connectivity index (χ0) is 27.2. The number of nitrogens with zero attached hydrogens (tertiary/aromatic N) is 2. The lowest BCUT2D eigenvalue weighted by molar-refractivity contribution is -0.238. The summed E-state index contributed by atoms with van der Waals surface area (Å²) in [6.07, 6.45) is 4.59. The summed E-state index contributed by atoms with van der Waals surface area (Å²) in [6, 6.07) is 14.3.